The number of ether oxygens (including phenoxy) is 2. The van der Waals surface area contributed by atoms with Crippen molar-refractivity contribution in [2.24, 2.45) is 0 Å². The van der Waals surface area contributed by atoms with Gasteiger partial charge in [0.05, 0.1) is 12.2 Å². The maximum atomic E-state index is 11.2. The van der Waals surface area contributed by atoms with Gasteiger partial charge >= 0.3 is 5.97 Å². The number of aryl methyl sites for hydroxylation is 1. The van der Waals surface area contributed by atoms with Crippen molar-refractivity contribution in [2.75, 3.05) is 13.2 Å². The van der Waals surface area contributed by atoms with E-state index < -0.39 is 5.97 Å². The Hall–Kier alpha value is -1.85. The molecule has 1 saturated heterocycles. The monoisotopic (exact) mass is 317 g/mol. The summed E-state index contributed by atoms with van der Waals surface area (Å²) in [5.41, 5.74) is 3.65. The Kier molecular flexibility index (Phi) is 4.68. The van der Waals surface area contributed by atoms with Crippen LogP contribution in [-0.4, -0.2) is 35.1 Å². The molecule has 2 aromatic rings. The minimum Gasteiger partial charge on any atom is -0.478 e. The summed E-state index contributed by atoms with van der Waals surface area (Å²) in [5.74, 6) is -0.894. The van der Waals surface area contributed by atoms with E-state index in [1.54, 1.807) is 12.1 Å². The highest BCUT2D eigenvalue weighted by molar-refractivity contribution is 5.95. The zero-order chi connectivity index (χ0) is 16.4. The molecule has 0 spiro atoms. The maximum absolute atomic E-state index is 11.2. The summed E-state index contributed by atoms with van der Waals surface area (Å²) in [6.07, 6.45) is 3.16. The van der Waals surface area contributed by atoms with Crippen LogP contribution < -0.4 is 0 Å². The molecule has 5 nitrogen and oxygen atoms in total. The van der Waals surface area contributed by atoms with Crippen LogP contribution in [0.4, 0.5) is 0 Å². The third-order valence-corrected chi connectivity index (χ3v) is 4.64. The van der Waals surface area contributed by atoms with Gasteiger partial charge in [-0.05, 0) is 56.9 Å². The summed E-state index contributed by atoms with van der Waals surface area (Å²) < 4.78 is 13.6. The fourth-order valence-electron chi connectivity index (χ4n) is 3.19. The molecular weight excluding hydrogens is 294 g/mol. The highest BCUT2D eigenvalue weighted by Gasteiger charge is 2.16. The van der Waals surface area contributed by atoms with Crippen molar-refractivity contribution in [1.82, 2.24) is 4.57 Å². The van der Waals surface area contributed by atoms with Gasteiger partial charge in [-0.15, -0.1) is 0 Å². The van der Waals surface area contributed by atoms with E-state index in [0.29, 0.717) is 12.2 Å². The fourth-order valence-corrected chi connectivity index (χ4v) is 3.19. The van der Waals surface area contributed by atoms with E-state index in [9.17, 15) is 4.79 Å². The lowest BCUT2D eigenvalue weighted by Gasteiger charge is -2.23. The molecule has 0 bridgehead atoms. The van der Waals surface area contributed by atoms with E-state index in [0.717, 1.165) is 54.6 Å². The van der Waals surface area contributed by atoms with Crippen molar-refractivity contribution in [3.63, 3.8) is 0 Å². The second-order valence-electron chi connectivity index (χ2n) is 6.07. The zero-order valence-corrected chi connectivity index (χ0v) is 13.7. The van der Waals surface area contributed by atoms with Crippen LogP contribution in [0, 0.1) is 13.8 Å². The normalized spacial score (nSPS) is 18.4. The molecule has 1 aromatic heterocycles. The zero-order valence-electron chi connectivity index (χ0n) is 13.7. The van der Waals surface area contributed by atoms with Crippen molar-refractivity contribution in [3.05, 3.63) is 35.0 Å². The Morgan fingerprint density at radius 1 is 1.39 bits per heavy atom. The molecule has 0 saturated carbocycles. The number of carboxylic acids is 1. The number of rotatable bonds is 5. The summed E-state index contributed by atoms with van der Waals surface area (Å²) >= 11 is 0. The average molecular weight is 317 g/mol. The van der Waals surface area contributed by atoms with Gasteiger partial charge in [0.15, 0.2) is 6.29 Å². The topological polar surface area (TPSA) is 60.7 Å². The number of hydrogen-bond donors (Lipinski definition) is 1. The van der Waals surface area contributed by atoms with Crippen LogP contribution in [0.3, 0.4) is 0 Å². The first-order valence-corrected chi connectivity index (χ1v) is 8.14. The number of fused-ring (bicyclic) bond motifs is 1. The fraction of sp³-hybridized carbons (Fsp3) is 0.500. The van der Waals surface area contributed by atoms with E-state index in [-0.39, 0.29) is 6.29 Å². The number of carbonyl (C=O) groups is 1. The van der Waals surface area contributed by atoms with Crippen molar-refractivity contribution in [1.29, 1.82) is 0 Å². The summed E-state index contributed by atoms with van der Waals surface area (Å²) in [7, 11) is 0. The van der Waals surface area contributed by atoms with E-state index in [1.807, 2.05) is 13.0 Å². The first-order chi connectivity index (χ1) is 11.1. The lowest BCUT2D eigenvalue weighted by molar-refractivity contribution is -0.163. The van der Waals surface area contributed by atoms with Crippen molar-refractivity contribution in [2.45, 2.75) is 45.9 Å². The smallest absolute Gasteiger partial charge is 0.335 e. The molecule has 0 amide bonds. The van der Waals surface area contributed by atoms with Gasteiger partial charge < -0.3 is 19.1 Å². The number of aromatic carboxylic acids is 1. The van der Waals surface area contributed by atoms with Gasteiger partial charge in [0.1, 0.15) is 0 Å². The summed E-state index contributed by atoms with van der Waals surface area (Å²) in [6.45, 7) is 6.21. The molecule has 23 heavy (non-hydrogen) atoms. The van der Waals surface area contributed by atoms with Crippen LogP contribution in [0.2, 0.25) is 0 Å². The van der Waals surface area contributed by atoms with Gasteiger partial charge in [-0.3, -0.25) is 0 Å². The standard InChI is InChI=1S/C18H23NO4/c1-12-13(2)19(8-10-23-17-5-3-4-9-22-17)16-7-6-14(18(20)21)11-15(12)16/h6-7,11,17H,3-5,8-10H2,1-2H3,(H,20,21)/t17-/m1/s1. The molecule has 5 heteroatoms. The van der Waals surface area contributed by atoms with Gasteiger partial charge in [-0.1, -0.05) is 0 Å². The molecule has 1 aliphatic heterocycles. The minimum absolute atomic E-state index is 0.0782. The highest BCUT2D eigenvalue weighted by atomic mass is 16.7. The summed E-state index contributed by atoms with van der Waals surface area (Å²) in [5, 5.41) is 10.2. The van der Waals surface area contributed by atoms with E-state index in [4.69, 9.17) is 14.6 Å². The Balaban J connectivity index is 1.77. The second kappa shape index (κ2) is 6.72. The number of carboxylic acid groups (broad SMARTS) is 1. The third kappa shape index (κ3) is 3.26. The molecule has 2 heterocycles. The van der Waals surface area contributed by atoms with Crippen molar-refractivity contribution < 1.29 is 19.4 Å². The first kappa shape index (κ1) is 16.0. The Morgan fingerprint density at radius 3 is 2.91 bits per heavy atom. The number of benzene rings is 1. The molecule has 0 aliphatic carbocycles. The molecule has 0 radical (unpaired) electrons. The molecular formula is C18H23NO4. The predicted octanol–water partition coefficient (Wildman–Crippen LogP) is 3.50. The summed E-state index contributed by atoms with van der Waals surface area (Å²) in [4.78, 5) is 11.2. The van der Waals surface area contributed by atoms with Gasteiger partial charge in [0.2, 0.25) is 0 Å². The van der Waals surface area contributed by atoms with Gasteiger partial charge in [0.25, 0.3) is 0 Å². The quantitative estimate of drug-likeness (QED) is 0.917. The molecule has 1 aromatic carbocycles. The predicted molar refractivity (Wildman–Crippen MR) is 87.9 cm³/mol. The van der Waals surface area contributed by atoms with E-state index >= 15 is 0 Å². The molecule has 1 aliphatic rings. The van der Waals surface area contributed by atoms with E-state index in [2.05, 4.69) is 11.5 Å². The van der Waals surface area contributed by atoms with Crippen LogP contribution in [0.25, 0.3) is 10.9 Å². The largest absolute Gasteiger partial charge is 0.478 e. The van der Waals surface area contributed by atoms with Crippen molar-refractivity contribution in [3.8, 4) is 0 Å². The van der Waals surface area contributed by atoms with Gasteiger partial charge in [-0.2, -0.15) is 0 Å². The minimum atomic E-state index is -0.894. The van der Waals surface area contributed by atoms with Crippen molar-refractivity contribution >= 4 is 16.9 Å². The molecule has 1 N–H and O–H groups in total. The molecule has 1 atom stereocenters. The van der Waals surface area contributed by atoms with Crippen LogP contribution in [0.5, 0.6) is 0 Å². The maximum Gasteiger partial charge on any atom is 0.335 e. The van der Waals surface area contributed by atoms with Crippen LogP contribution >= 0.6 is 0 Å². The van der Waals surface area contributed by atoms with Gasteiger partial charge in [0, 0.05) is 29.7 Å². The molecule has 0 unspecified atom stereocenters. The lowest BCUT2D eigenvalue weighted by Crippen LogP contribution is -2.24. The summed E-state index contributed by atoms with van der Waals surface area (Å²) in [6, 6.07) is 5.29. The SMILES string of the molecule is Cc1c(C)n(CCO[C@@H]2CCCCO2)c2ccc(C(=O)O)cc12. The number of aromatic nitrogens is 1. The highest BCUT2D eigenvalue weighted by Crippen LogP contribution is 2.26. The van der Waals surface area contributed by atoms with Gasteiger partial charge in [-0.25, -0.2) is 4.79 Å². The van der Waals surface area contributed by atoms with Crippen LogP contribution in [-0.2, 0) is 16.0 Å². The third-order valence-electron chi connectivity index (χ3n) is 4.64. The Labute approximate surface area is 135 Å². The Morgan fingerprint density at radius 2 is 2.22 bits per heavy atom. The molecule has 124 valence electrons. The van der Waals surface area contributed by atoms with Crippen LogP contribution in [0.15, 0.2) is 18.2 Å². The van der Waals surface area contributed by atoms with E-state index in [1.165, 1.54) is 0 Å². The first-order valence-electron chi connectivity index (χ1n) is 8.14. The molecule has 1 fully saturated rings. The average Bonchev–Trinajstić information content (AvgIpc) is 2.80. The second-order valence-corrected chi connectivity index (χ2v) is 6.07. The number of nitrogens with zero attached hydrogens (tertiary/aromatic N) is 1. The lowest BCUT2D eigenvalue weighted by atomic mass is 10.1. The van der Waals surface area contributed by atoms with Crippen LogP contribution in [0.1, 0.15) is 40.9 Å². The molecule has 3 rings (SSSR count). The number of hydrogen-bond acceptors (Lipinski definition) is 3. The Bertz CT molecular complexity index is 713.